The van der Waals surface area contributed by atoms with Gasteiger partial charge in [0.15, 0.2) is 0 Å². The predicted octanol–water partition coefficient (Wildman–Crippen LogP) is 13.4. The lowest BCUT2D eigenvalue weighted by Gasteiger charge is -2.23. The number of aliphatic hydroxyl groups is 1. The summed E-state index contributed by atoms with van der Waals surface area (Å²) in [5.41, 5.74) is 5.38. The fraction of sp³-hybridized carbons (Fsp3) is 0.694. The molecule has 3 atom stereocenters. The largest absolute Gasteiger partial charge is 0.472 e. The first-order valence-corrected chi connectivity index (χ1v) is 24.7. The molecule has 0 aliphatic rings. The molecule has 9 heteroatoms. The molecule has 0 aromatic heterocycles. The van der Waals surface area contributed by atoms with Gasteiger partial charge in [-0.3, -0.25) is 13.8 Å². The van der Waals surface area contributed by atoms with Gasteiger partial charge in [-0.2, -0.15) is 0 Å². The minimum absolute atomic E-state index is 0.0661. The van der Waals surface area contributed by atoms with Crippen molar-refractivity contribution in [2.75, 3.05) is 19.8 Å². The number of unbranched alkanes of at least 4 members (excludes halogenated alkanes) is 18. The Morgan fingerprint density at radius 2 is 1.02 bits per heavy atom. The van der Waals surface area contributed by atoms with Gasteiger partial charge in [-0.15, -0.1) is 0 Å². The molecule has 0 radical (unpaired) electrons. The molecule has 334 valence electrons. The van der Waals surface area contributed by atoms with Gasteiger partial charge in [-0.25, -0.2) is 4.57 Å². The fourth-order valence-electron chi connectivity index (χ4n) is 6.21. The van der Waals surface area contributed by atoms with Gasteiger partial charge in [0.05, 0.1) is 25.4 Å². The number of nitrogens with two attached hydrogens (primary N) is 1. The van der Waals surface area contributed by atoms with Crippen molar-refractivity contribution in [2.45, 2.75) is 199 Å². The second-order valence-corrected chi connectivity index (χ2v) is 16.7. The summed E-state index contributed by atoms with van der Waals surface area (Å²) < 4.78 is 22.1. The zero-order chi connectivity index (χ0) is 42.5. The number of hydrogen-bond donors (Lipinski definition) is 4. The summed E-state index contributed by atoms with van der Waals surface area (Å²) in [7, 11) is -4.36. The van der Waals surface area contributed by atoms with Crippen LogP contribution in [-0.2, 0) is 18.4 Å². The van der Waals surface area contributed by atoms with Crippen LogP contribution in [0, 0.1) is 0 Å². The van der Waals surface area contributed by atoms with Gasteiger partial charge >= 0.3 is 7.82 Å². The predicted molar refractivity (Wildman–Crippen MR) is 249 cm³/mol. The lowest BCUT2D eigenvalue weighted by atomic mass is 10.1. The second-order valence-electron chi connectivity index (χ2n) is 15.2. The highest BCUT2D eigenvalue weighted by Gasteiger charge is 2.26. The highest BCUT2D eigenvalue weighted by Crippen LogP contribution is 2.43. The van der Waals surface area contributed by atoms with Crippen molar-refractivity contribution < 1.29 is 28.4 Å². The number of rotatable bonds is 42. The number of nitrogens with one attached hydrogen (secondary N) is 1. The van der Waals surface area contributed by atoms with Crippen molar-refractivity contribution in [1.82, 2.24) is 5.32 Å². The zero-order valence-electron chi connectivity index (χ0n) is 37.0. The summed E-state index contributed by atoms with van der Waals surface area (Å²) in [4.78, 5) is 22.7. The first-order chi connectivity index (χ1) is 28.4. The SMILES string of the molecule is CC/C=C\C/C=C\C/C=C\C/C=C\CCCCCCCCCCC(=O)NC(COP(=O)(O)OCCN)C(O)/C=C/CC/C=C/CC/C=C/CCCCCCCCCC. The minimum atomic E-state index is -4.36. The molecule has 0 spiro atoms. The van der Waals surface area contributed by atoms with Gasteiger partial charge in [0.25, 0.3) is 0 Å². The van der Waals surface area contributed by atoms with Crippen LogP contribution in [0.1, 0.15) is 187 Å². The summed E-state index contributed by atoms with van der Waals surface area (Å²) in [6, 6.07) is -0.893. The molecular formula is C49H87N2O6P. The standard InChI is InChI=1S/C49H87N2O6P/c1-3-5-7-9-11-13-15-17-19-21-23-24-25-27-29-31-33-35-37-39-41-43-49(53)51-47(46-57-58(54,55)56-45-44-50)48(52)42-40-38-36-34-32-30-28-26-22-20-18-16-14-12-10-8-6-4-2/h5,7,11,13,17,19,22-24,26,32,34,40,42,47-48,52H,3-4,6,8-10,12,14-16,18,20-21,25,27-31,33,35-39,41,43-46,50H2,1-2H3,(H,51,53)(H,54,55)/b7-5-,13-11-,19-17-,24-23-,26-22+,34-32+,42-40+. The first kappa shape index (κ1) is 55.7. The van der Waals surface area contributed by atoms with Crippen LogP contribution in [0.2, 0.25) is 0 Å². The Kier molecular flexibility index (Phi) is 42.5. The molecule has 3 unspecified atom stereocenters. The summed E-state index contributed by atoms with van der Waals surface area (Å²) in [5.74, 6) is -0.220. The maximum atomic E-state index is 12.8. The molecule has 0 aromatic rings. The van der Waals surface area contributed by atoms with Crippen LogP contribution in [0.4, 0.5) is 0 Å². The van der Waals surface area contributed by atoms with Crippen molar-refractivity contribution >= 4 is 13.7 Å². The van der Waals surface area contributed by atoms with Crippen LogP contribution in [0.15, 0.2) is 85.1 Å². The summed E-state index contributed by atoms with van der Waals surface area (Å²) in [6.45, 7) is 3.97. The van der Waals surface area contributed by atoms with Crippen LogP contribution >= 0.6 is 7.82 Å². The van der Waals surface area contributed by atoms with Crippen LogP contribution in [0.5, 0.6) is 0 Å². The van der Waals surface area contributed by atoms with E-state index >= 15 is 0 Å². The molecule has 8 nitrogen and oxygen atoms in total. The number of carbonyl (C=O) groups excluding carboxylic acids is 1. The van der Waals surface area contributed by atoms with E-state index in [9.17, 15) is 19.4 Å². The van der Waals surface area contributed by atoms with Gasteiger partial charge in [0.2, 0.25) is 5.91 Å². The van der Waals surface area contributed by atoms with E-state index in [4.69, 9.17) is 14.8 Å². The molecule has 58 heavy (non-hydrogen) atoms. The Morgan fingerprint density at radius 1 is 0.586 bits per heavy atom. The molecule has 0 aliphatic carbocycles. The van der Waals surface area contributed by atoms with Crippen LogP contribution in [0.3, 0.4) is 0 Å². The minimum Gasteiger partial charge on any atom is -0.387 e. The smallest absolute Gasteiger partial charge is 0.387 e. The van der Waals surface area contributed by atoms with E-state index in [1.165, 1.54) is 83.5 Å². The van der Waals surface area contributed by atoms with E-state index in [2.05, 4.69) is 92.1 Å². The Labute approximate surface area is 356 Å². The molecule has 1 amide bonds. The Hall–Kier alpha value is -2.32. The molecule has 0 saturated carbocycles. The number of amides is 1. The van der Waals surface area contributed by atoms with Gasteiger partial charge in [0, 0.05) is 13.0 Å². The molecule has 0 aliphatic heterocycles. The summed E-state index contributed by atoms with van der Waals surface area (Å²) in [6.07, 6.45) is 59.2. The lowest BCUT2D eigenvalue weighted by molar-refractivity contribution is -0.123. The molecular weight excluding hydrogens is 744 g/mol. The normalized spacial score (nSPS) is 14.8. The topological polar surface area (TPSA) is 131 Å². The average molecular weight is 831 g/mol. The number of hydrogen-bond acceptors (Lipinski definition) is 6. The number of allylic oxidation sites excluding steroid dienone is 13. The van der Waals surface area contributed by atoms with Gasteiger partial charge < -0.3 is 21.1 Å². The van der Waals surface area contributed by atoms with E-state index in [1.54, 1.807) is 6.08 Å². The number of carbonyl (C=O) groups is 1. The van der Waals surface area contributed by atoms with Gasteiger partial charge in [-0.05, 0) is 83.5 Å². The van der Waals surface area contributed by atoms with Crippen molar-refractivity contribution in [2.24, 2.45) is 5.73 Å². The first-order valence-electron chi connectivity index (χ1n) is 23.2. The molecule has 0 fully saturated rings. The molecule has 0 rings (SSSR count). The maximum Gasteiger partial charge on any atom is 0.472 e. The van der Waals surface area contributed by atoms with E-state index in [0.717, 1.165) is 83.5 Å². The third-order valence-electron chi connectivity index (χ3n) is 9.68. The van der Waals surface area contributed by atoms with Crippen molar-refractivity contribution in [3.8, 4) is 0 Å². The lowest BCUT2D eigenvalue weighted by Crippen LogP contribution is -2.45. The molecule has 5 N–H and O–H groups in total. The highest BCUT2D eigenvalue weighted by molar-refractivity contribution is 7.47. The quantitative estimate of drug-likeness (QED) is 0.0274. The maximum absolute atomic E-state index is 12.8. The van der Waals surface area contributed by atoms with Crippen molar-refractivity contribution in [3.05, 3.63) is 85.1 Å². The molecule has 0 aromatic carbocycles. The zero-order valence-corrected chi connectivity index (χ0v) is 37.9. The second kappa shape index (κ2) is 44.2. The molecule has 0 bridgehead atoms. The number of aliphatic hydroxyl groups excluding tert-OH is 1. The Bertz CT molecular complexity index is 1180. The van der Waals surface area contributed by atoms with E-state index in [-0.39, 0.29) is 25.7 Å². The molecule has 0 heterocycles. The third kappa shape index (κ3) is 41.8. The van der Waals surface area contributed by atoms with Crippen LogP contribution in [-0.4, -0.2) is 47.8 Å². The Balaban J connectivity index is 4.27. The average Bonchev–Trinajstić information content (AvgIpc) is 3.21. The third-order valence-corrected chi connectivity index (χ3v) is 10.7. The fourth-order valence-corrected chi connectivity index (χ4v) is 6.97. The van der Waals surface area contributed by atoms with Gasteiger partial charge in [0.1, 0.15) is 0 Å². The number of phosphoric acid groups is 1. The monoisotopic (exact) mass is 831 g/mol. The summed E-state index contributed by atoms with van der Waals surface area (Å²) >= 11 is 0. The Morgan fingerprint density at radius 3 is 1.53 bits per heavy atom. The highest BCUT2D eigenvalue weighted by atomic mass is 31.2. The van der Waals surface area contributed by atoms with Crippen LogP contribution < -0.4 is 11.1 Å². The van der Waals surface area contributed by atoms with E-state index in [0.29, 0.717) is 6.42 Å². The van der Waals surface area contributed by atoms with Crippen LogP contribution in [0.25, 0.3) is 0 Å². The van der Waals surface area contributed by atoms with E-state index < -0.39 is 20.0 Å². The van der Waals surface area contributed by atoms with Crippen molar-refractivity contribution in [3.63, 3.8) is 0 Å². The van der Waals surface area contributed by atoms with Gasteiger partial charge in [-0.1, -0.05) is 182 Å². The van der Waals surface area contributed by atoms with Crippen molar-refractivity contribution in [1.29, 1.82) is 0 Å². The summed E-state index contributed by atoms with van der Waals surface area (Å²) in [5, 5.41) is 13.7. The molecule has 0 saturated heterocycles. The number of phosphoric ester groups is 1. The van der Waals surface area contributed by atoms with E-state index in [1.807, 2.05) is 6.08 Å².